The predicted molar refractivity (Wildman–Crippen MR) is 91.2 cm³/mol. The summed E-state index contributed by atoms with van der Waals surface area (Å²) >= 11 is 0. The van der Waals surface area contributed by atoms with Crippen LogP contribution in [-0.2, 0) is 0 Å². The summed E-state index contributed by atoms with van der Waals surface area (Å²) < 4.78 is 0. The van der Waals surface area contributed by atoms with Crippen molar-refractivity contribution >= 4 is 0 Å². The van der Waals surface area contributed by atoms with Gasteiger partial charge in [0.05, 0.1) is 6.61 Å². The Hall–Kier alpha value is -0.560. The molecule has 0 bridgehead atoms. The highest BCUT2D eigenvalue weighted by Crippen LogP contribution is 2.60. The van der Waals surface area contributed by atoms with E-state index < -0.39 is 0 Å². The Bertz CT molecular complexity index is 441. The van der Waals surface area contributed by atoms with Crippen molar-refractivity contribution in [3.05, 3.63) is 22.8 Å². The molecule has 2 aliphatic rings. The van der Waals surface area contributed by atoms with E-state index in [1.165, 1.54) is 44.1 Å². The largest absolute Gasteiger partial charge is 0.392 e. The fourth-order valence-electron chi connectivity index (χ4n) is 5.27. The zero-order valence-corrected chi connectivity index (χ0v) is 14.8. The van der Waals surface area contributed by atoms with Gasteiger partial charge >= 0.3 is 0 Å². The van der Waals surface area contributed by atoms with E-state index in [-0.39, 0.29) is 6.61 Å². The molecule has 120 valence electrons. The Labute approximate surface area is 131 Å². The van der Waals surface area contributed by atoms with Crippen LogP contribution >= 0.6 is 0 Å². The SMILES string of the molecule is CC(=CCO)CCC1=C(C)CCC2C(C)(C)CCCC12C. The van der Waals surface area contributed by atoms with Crippen molar-refractivity contribution in [2.45, 2.75) is 79.6 Å². The first kappa shape index (κ1) is 16.8. The Morgan fingerprint density at radius 2 is 2.00 bits per heavy atom. The van der Waals surface area contributed by atoms with Crippen molar-refractivity contribution in [1.82, 2.24) is 0 Å². The number of aliphatic hydroxyl groups is 1. The molecule has 0 amide bonds. The molecule has 0 aromatic heterocycles. The van der Waals surface area contributed by atoms with Crippen molar-refractivity contribution in [3.63, 3.8) is 0 Å². The summed E-state index contributed by atoms with van der Waals surface area (Å²) in [5.41, 5.74) is 5.65. The molecular weight excluding hydrogens is 256 g/mol. The average Bonchev–Trinajstić information content (AvgIpc) is 2.37. The zero-order chi connectivity index (χ0) is 15.7. The van der Waals surface area contributed by atoms with Crippen LogP contribution in [0.3, 0.4) is 0 Å². The van der Waals surface area contributed by atoms with Crippen molar-refractivity contribution in [2.24, 2.45) is 16.7 Å². The van der Waals surface area contributed by atoms with Gasteiger partial charge in [-0.1, -0.05) is 50.0 Å². The van der Waals surface area contributed by atoms with Crippen LogP contribution in [0.1, 0.15) is 79.6 Å². The third kappa shape index (κ3) is 3.28. The van der Waals surface area contributed by atoms with E-state index >= 15 is 0 Å². The number of fused-ring (bicyclic) bond motifs is 1. The minimum Gasteiger partial charge on any atom is -0.392 e. The molecular formula is C20H34O. The minimum atomic E-state index is 0.177. The van der Waals surface area contributed by atoms with Gasteiger partial charge in [-0.05, 0) is 69.1 Å². The van der Waals surface area contributed by atoms with Crippen LogP contribution in [0.15, 0.2) is 22.8 Å². The Morgan fingerprint density at radius 1 is 1.29 bits per heavy atom. The quantitative estimate of drug-likeness (QED) is 0.663. The van der Waals surface area contributed by atoms with Gasteiger partial charge in [-0.25, -0.2) is 0 Å². The number of aliphatic hydroxyl groups excluding tert-OH is 1. The topological polar surface area (TPSA) is 20.2 Å². The van der Waals surface area contributed by atoms with E-state index in [0.29, 0.717) is 10.8 Å². The van der Waals surface area contributed by atoms with Crippen molar-refractivity contribution in [2.75, 3.05) is 6.61 Å². The summed E-state index contributed by atoms with van der Waals surface area (Å²) in [5.74, 6) is 0.847. The number of hydrogen-bond donors (Lipinski definition) is 1. The summed E-state index contributed by atoms with van der Waals surface area (Å²) in [6.07, 6.45) is 11.1. The second-order valence-corrected chi connectivity index (χ2v) is 8.34. The van der Waals surface area contributed by atoms with Crippen LogP contribution in [0.5, 0.6) is 0 Å². The number of rotatable bonds is 4. The predicted octanol–water partition coefficient (Wildman–Crippen LogP) is 5.65. The monoisotopic (exact) mass is 290 g/mol. The molecule has 0 saturated heterocycles. The molecule has 0 heterocycles. The minimum absolute atomic E-state index is 0.177. The first-order valence-corrected chi connectivity index (χ1v) is 8.77. The maximum atomic E-state index is 9.04. The fraction of sp³-hybridized carbons (Fsp3) is 0.800. The van der Waals surface area contributed by atoms with E-state index in [1.54, 1.807) is 11.1 Å². The molecule has 1 nitrogen and oxygen atoms in total. The van der Waals surface area contributed by atoms with E-state index in [1.807, 2.05) is 6.08 Å². The molecule has 0 aromatic rings. The fourth-order valence-corrected chi connectivity index (χ4v) is 5.27. The molecule has 0 aromatic carbocycles. The van der Waals surface area contributed by atoms with Crippen LogP contribution in [0.25, 0.3) is 0 Å². The molecule has 21 heavy (non-hydrogen) atoms. The lowest BCUT2D eigenvalue weighted by Crippen LogP contribution is -2.45. The molecule has 2 unspecified atom stereocenters. The van der Waals surface area contributed by atoms with Crippen LogP contribution in [-0.4, -0.2) is 11.7 Å². The lowest BCUT2D eigenvalue weighted by atomic mass is 9.50. The van der Waals surface area contributed by atoms with Gasteiger partial charge in [0, 0.05) is 0 Å². The lowest BCUT2D eigenvalue weighted by molar-refractivity contribution is 0.0105. The maximum absolute atomic E-state index is 9.04. The molecule has 1 fully saturated rings. The maximum Gasteiger partial charge on any atom is 0.0614 e. The molecule has 0 aliphatic heterocycles. The molecule has 2 atom stereocenters. The highest BCUT2D eigenvalue weighted by molar-refractivity contribution is 5.28. The van der Waals surface area contributed by atoms with Gasteiger partial charge in [0.25, 0.3) is 0 Å². The van der Waals surface area contributed by atoms with Gasteiger partial charge in [-0.3, -0.25) is 0 Å². The lowest BCUT2D eigenvalue weighted by Gasteiger charge is -2.55. The normalized spacial score (nSPS) is 33.0. The molecule has 2 aliphatic carbocycles. The third-order valence-electron chi connectivity index (χ3n) is 6.45. The molecule has 1 saturated carbocycles. The molecule has 1 heteroatoms. The summed E-state index contributed by atoms with van der Waals surface area (Å²) in [6.45, 7) is 12.2. The van der Waals surface area contributed by atoms with Gasteiger partial charge in [0.2, 0.25) is 0 Å². The van der Waals surface area contributed by atoms with E-state index in [9.17, 15) is 0 Å². The average molecular weight is 290 g/mol. The van der Waals surface area contributed by atoms with Gasteiger partial charge in [-0.2, -0.15) is 0 Å². The van der Waals surface area contributed by atoms with Crippen LogP contribution in [0.2, 0.25) is 0 Å². The second-order valence-electron chi connectivity index (χ2n) is 8.34. The smallest absolute Gasteiger partial charge is 0.0614 e. The van der Waals surface area contributed by atoms with Crippen LogP contribution in [0.4, 0.5) is 0 Å². The Balaban J connectivity index is 2.23. The standard InChI is InChI=1S/C20H34O/c1-15(11-14-21)7-9-17-16(2)8-10-18-19(3,4)12-6-13-20(17,18)5/h11,18,21H,6-10,12-14H2,1-5H3. The molecule has 0 radical (unpaired) electrons. The Morgan fingerprint density at radius 3 is 2.67 bits per heavy atom. The zero-order valence-electron chi connectivity index (χ0n) is 14.8. The van der Waals surface area contributed by atoms with Crippen molar-refractivity contribution in [1.29, 1.82) is 0 Å². The Kier molecular flexibility index (Phi) is 5.03. The summed E-state index contributed by atoms with van der Waals surface area (Å²) in [5, 5.41) is 9.04. The number of allylic oxidation sites excluding steroid dienone is 3. The van der Waals surface area contributed by atoms with E-state index in [2.05, 4.69) is 34.6 Å². The summed E-state index contributed by atoms with van der Waals surface area (Å²) in [4.78, 5) is 0. The highest BCUT2D eigenvalue weighted by Gasteiger charge is 2.49. The van der Waals surface area contributed by atoms with Gasteiger partial charge < -0.3 is 5.11 Å². The van der Waals surface area contributed by atoms with Gasteiger partial charge in [0.1, 0.15) is 0 Å². The van der Waals surface area contributed by atoms with E-state index in [4.69, 9.17) is 5.11 Å². The third-order valence-corrected chi connectivity index (χ3v) is 6.45. The van der Waals surface area contributed by atoms with Crippen molar-refractivity contribution < 1.29 is 5.11 Å². The van der Waals surface area contributed by atoms with Crippen molar-refractivity contribution in [3.8, 4) is 0 Å². The molecule has 1 N–H and O–H groups in total. The highest BCUT2D eigenvalue weighted by atomic mass is 16.2. The van der Waals surface area contributed by atoms with Gasteiger partial charge in [0.15, 0.2) is 0 Å². The summed E-state index contributed by atoms with van der Waals surface area (Å²) in [6, 6.07) is 0. The summed E-state index contributed by atoms with van der Waals surface area (Å²) in [7, 11) is 0. The van der Waals surface area contributed by atoms with Crippen LogP contribution < -0.4 is 0 Å². The van der Waals surface area contributed by atoms with Crippen LogP contribution in [0, 0.1) is 16.7 Å². The molecule has 0 spiro atoms. The van der Waals surface area contributed by atoms with Gasteiger partial charge in [-0.15, -0.1) is 0 Å². The van der Waals surface area contributed by atoms with E-state index in [0.717, 1.165) is 12.3 Å². The number of hydrogen-bond acceptors (Lipinski definition) is 1. The second kappa shape index (κ2) is 6.28. The first-order valence-electron chi connectivity index (χ1n) is 8.77. The molecule has 2 rings (SSSR count). The first-order chi connectivity index (χ1) is 9.81.